The zero-order chi connectivity index (χ0) is 25.2. The molecule has 0 amide bonds. The molecule has 1 N–H and O–H groups in total. The van der Waals surface area contributed by atoms with Gasteiger partial charge < -0.3 is 14.6 Å². The van der Waals surface area contributed by atoms with Gasteiger partial charge in [0.1, 0.15) is 30.1 Å². The summed E-state index contributed by atoms with van der Waals surface area (Å²) in [6.45, 7) is 4.77. The van der Waals surface area contributed by atoms with Crippen LogP contribution in [0.4, 0.5) is 18.9 Å². The Labute approximate surface area is 198 Å². The van der Waals surface area contributed by atoms with Crippen LogP contribution in [-0.2, 0) is 9.53 Å². The predicted molar refractivity (Wildman–Crippen MR) is 127 cm³/mol. The average molecular weight is 494 g/mol. The molecule has 0 aliphatic carbocycles. The number of carboxylic acids is 1. The fourth-order valence-electron chi connectivity index (χ4n) is 4.06. The molecular weight excluding hydrogens is 468 g/mol. The molecule has 34 heavy (non-hydrogen) atoms. The van der Waals surface area contributed by atoms with E-state index in [0.29, 0.717) is 28.4 Å². The second kappa shape index (κ2) is 10.2. The number of halogens is 3. The molecule has 6 nitrogen and oxygen atoms in total. The van der Waals surface area contributed by atoms with E-state index in [-0.39, 0.29) is 18.8 Å². The van der Waals surface area contributed by atoms with Gasteiger partial charge in [0.05, 0.1) is 25.0 Å². The van der Waals surface area contributed by atoms with Crippen LogP contribution in [0.1, 0.15) is 36.6 Å². The summed E-state index contributed by atoms with van der Waals surface area (Å²) in [5, 5.41) is 7.42. The SMILES string of the molecule is CC(=O)O.COc1cccc([C@H]2OCC3=NCC(C)=C(C(F)(F)P)N3c3ccc(F)cc32)c1C. The highest BCUT2D eigenvalue weighted by molar-refractivity contribution is 7.18. The number of hydrogen-bond acceptors (Lipinski definition) is 5. The lowest BCUT2D eigenvalue weighted by molar-refractivity contribution is -0.134. The van der Waals surface area contributed by atoms with E-state index in [0.717, 1.165) is 18.1 Å². The van der Waals surface area contributed by atoms with Crippen molar-refractivity contribution in [3.63, 3.8) is 0 Å². The smallest absolute Gasteiger partial charge is 0.300 e. The number of aliphatic imine (C=N–C) groups is 1. The van der Waals surface area contributed by atoms with Crippen molar-refractivity contribution in [1.29, 1.82) is 0 Å². The summed E-state index contributed by atoms with van der Waals surface area (Å²) in [5.74, 6) is -0.268. The number of ether oxygens (including phenoxy) is 2. The summed E-state index contributed by atoms with van der Waals surface area (Å²) in [6, 6.07) is 9.63. The molecule has 0 bridgehead atoms. The van der Waals surface area contributed by atoms with E-state index < -0.39 is 23.6 Å². The van der Waals surface area contributed by atoms with Crippen molar-refractivity contribution in [3.05, 3.63) is 70.2 Å². The molecule has 10 heteroatoms. The molecule has 4 rings (SSSR count). The highest BCUT2D eigenvalue weighted by atomic mass is 31.0. The molecule has 0 spiro atoms. The number of alkyl halides is 2. The van der Waals surface area contributed by atoms with Crippen LogP contribution in [0.25, 0.3) is 0 Å². The van der Waals surface area contributed by atoms with Gasteiger partial charge in [0, 0.05) is 12.5 Å². The van der Waals surface area contributed by atoms with Gasteiger partial charge in [-0.25, -0.2) is 4.39 Å². The summed E-state index contributed by atoms with van der Waals surface area (Å²) in [7, 11) is 3.17. The van der Waals surface area contributed by atoms with Crippen molar-refractivity contribution >= 4 is 26.7 Å². The van der Waals surface area contributed by atoms with Crippen molar-refractivity contribution in [3.8, 4) is 5.75 Å². The second-order valence-electron chi connectivity index (χ2n) is 7.91. The average Bonchev–Trinajstić information content (AvgIpc) is 2.89. The van der Waals surface area contributed by atoms with E-state index in [1.165, 1.54) is 23.1 Å². The van der Waals surface area contributed by atoms with Crippen LogP contribution >= 0.6 is 9.24 Å². The minimum absolute atomic E-state index is 0.00907. The predicted octanol–water partition coefficient (Wildman–Crippen LogP) is 5.31. The monoisotopic (exact) mass is 494 g/mol. The first kappa shape index (κ1) is 25.7. The molecule has 0 aromatic heterocycles. The Bertz CT molecular complexity index is 1160. The zero-order valence-corrected chi connectivity index (χ0v) is 20.4. The lowest BCUT2D eigenvalue weighted by Crippen LogP contribution is -2.41. The fraction of sp³-hybridized carbons (Fsp3) is 0.333. The lowest BCUT2D eigenvalue weighted by Gasteiger charge is -2.35. The molecule has 1 unspecified atom stereocenters. The van der Waals surface area contributed by atoms with E-state index in [4.69, 9.17) is 19.4 Å². The molecule has 2 atom stereocenters. The van der Waals surface area contributed by atoms with Gasteiger partial charge in [-0.2, -0.15) is 8.78 Å². The maximum absolute atomic E-state index is 14.6. The number of carboxylic acid groups (broad SMARTS) is 1. The summed E-state index contributed by atoms with van der Waals surface area (Å²) in [6.07, 6.45) is -0.668. The van der Waals surface area contributed by atoms with Crippen LogP contribution in [0.5, 0.6) is 5.75 Å². The third-order valence-electron chi connectivity index (χ3n) is 5.42. The van der Waals surface area contributed by atoms with Crippen LogP contribution in [0.15, 0.2) is 52.7 Å². The number of allylic oxidation sites excluding steroid dienone is 1. The number of anilines is 1. The molecule has 182 valence electrons. The van der Waals surface area contributed by atoms with Gasteiger partial charge in [-0.1, -0.05) is 21.4 Å². The molecule has 2 aliphatic rings. The van der Waals surface area contributed by atoms with Crippen molar-refractivity contribution in [1.82, 2.24) is 0 Å². The topological polar surface area (TPSA) is 71.4 Å². The van der Waals surface area contributed by atoms with Crippen molar-refractivity contribution in [2.24, 2.45) is 4.99 Å². The number of amidine groups is 1. The van der Waals surface area contributed by atoms with E-state index in [1.54, 1.807) is 23.3 Å². The number of rotatable bonds is 3. The Kier molecular flexibility index (Phi) is 7.68. The third kappa shape index (κ3) is 5.26. The molecule has 0 fully saturated rings. The fourth-order valence-corrected chi connectivity index (χ4v) is 4.43. The van der Waals surface area contributed by atoms with Crippen molar-refractivity contribution < 1.29 is 32.5 Å². The van der Waals surface area contributed by atoms with Gasteiger partial charge >= 0.3 is 0 Å². The minimum atomic E-state index is -3.18. The third-order valence-corrected chi connectivity index (χ3v) is 5.69. The first-order valence-electron chi connectivity index (χ1n) is 10.4. The normalized spacial score (nSPS) is 17.6. The summed E-state index contributed by atoms with van der Waals surface area (Å²) in [4.78, 5) is 14.9. The number of carbonyl (C=O) groups is 1. The van der Waals surface area contributed by atoms with Crippen LogP contribution in [0.2, 0.25) is 0 Å². The van der Waals surface area contributed by atoms with Crippen LogP contribution in [0.3, 0.4) is 0 Å². The van der Waals surface area contributed by atoms with Crippen LogP contribution in [-0.4, -0.2) is 42.8 Å². The quantitative estimate of drug-likeness (QED) is 0.586. The second-order valence-corrected chi connectivity index (χ2v) is 8.63. The maximum Gasteiger partial charge on any atom is 0.300 e. The molecular formula is C24H26F3N2O4P. The Hall–Kier alpha value is -2.90. The lowest BCUT2D eigenvalue weighted by atomic mass is 9.95. The van der Waals surface area contributed by atoms with Gasteiger partial charge in [0.15, 0.2) is 0 Å². The molecule has 0 saturated carbocycles. The van der Waals surface area contributed by atoms with E-state index >= 15 is 0 Å². The van der Waals surface area contributed by atoms with E-state index in [9.17, 15) is 13.2 Å². The van der Waals surface area contributed by atoms with Crippen molar-refractivity contribution in [2.45, 2.75) is 32.5 Å². The van der Waals surface area contributed by atoms with Gasteiger partial charge in [-0.15, -0.1) is 0 Å². The van der Waals surface area contributed by atoms with Crippen molar-refractivity contribution in [2.75, 3.05) is 25.2 Å². The zero-order valence-electron chi connectivity index (χ0n) is 19.2. The number of methoxy groups -OCH3 is 1. The number of benzene rings is 2. The Morgan fingerprint density at radius 2 is 1.94 bits per heavy atom. The van der Waals surface area contributed by atoms with Gasteiger partial charge in [-0.05, 0) is 54.8 Å². The standard InChI is InChI=1S/C22H22F3N2O2P.C2H4O2/c1-12-10-26-19-11-29-20(15-5-4-6-18(28-3)13(15)2)16-9-14(23)7-8-17(16)27(19)21(12)22(24,25)30;1-2(3)4/h4-9,20H,10-11,30H2,1-3H3;1H3,(H,3,4)/t20-;/m1./s1. The number of hydrogen-bond donors (Lipinski definition) is 1. The first-order valence-corrected chi connectivity index (χ1v) is 11.0. The highest BCUT2D eigenvalue weighted by Gasteiger charge is 2.42. The number of nitrogens with zero attached hydrogens (tertiary/aromatic N) is 2. The van der Waals surface area contributed by atoms with Gasteiger partial charge in [-0.3, -0.25) is 14.7 Å². The van der Waals surface area contributed by atoms with Crippen LogP contribution < -0.4 is 9.64 Å². The number of aliphatic carboxylic acids is 1. The summed E-state index contributed by atoms with van der Waals surface area (Å²) >= 11 is 0. The summed E-state index contributed by atoms with van der Waals surface area (Å²) < 4.78 is 55.1. The largest absolute Gasteiger partial charge is 0.496 e. The van der Waals surface area contributed by atoms with Gasteiger partial charge in [0.2, 0.25) is 0 Å². The van der Waals surface area contributed by atoms with E-state index in [1.807, 2.05) is 25.1 Å². The van der Waals surface area contributed by atoms with Gasteiger partial charge in [0.25, 0.3) is 11.6 Å². The minimum Gasteiger partial charge on any atom is -0.496 e. The molecule has 2 aromatic carbocycles. The molecule has 0 saturated heterocycles. The summed E-state index contributed by atoms with van der Waals surface area (Å²) in [5.41, 5.74) is -0.397. The Morgan fingerprint density at radius 1 is 1.26 bits per heavy atom. The molecule has 2 heterocycles. The first-order chi connectivity index (χ1) is 16.0. The Morgan fingerprint density at radius 3 is 2.56 bits per heavy atom. The maximum atomic E-state index is 14.6. The van der Waals surface area contributed by atoms with Crippen LogP contribution in [0, 0.1) is 12.7 Å². The Balaban J connectivity index is 0.000000751. The molecule has 2 aliphatic heterocycles. The molecule has 2 aromatic rings. The number of fused-ring (bicyclic) bond motifs is 3. The van der Waals surface area contributed by atoms with E-state index in [2.05, 4.69) is 4.99 Å². The highest BCUT2D eigenvalue weighted by Crippen LogP contribution is 2.46. The molecule has 0 radical (unpaired) electrons.